The number of hydrogen-bond donors (Lipinski definition) is 7. The van der Waals surface area contributed by atoms with Gasteiger partial charge in [0.1, 0.15) is 18.1 Å². The van der Waals surface area contributed by atoms with Gasteiger partial charge in [0, 0.05) is 18.3 Å². The Morgan fingerprint density at radius 1 is 1.03 bits per heavy atom. The van der Waals surface area contributed by atoms with Crippen molar-refractivity contribution in [2.45, 2.75) is 64.2 Å². The maximum absolute atomic E-state index is 12.9. The first kappa shape index (κ1) is 26.6. The highest BCUT2D eigenvalue weighted by atomic mass is 16.4. The maximum atomic E-state index is 12.9. The van der Waals surface area contributed by atoms with Crippen molar-refractivity contribution in [1.82, 2.24) is 25.9 Å². The molecule has 1 rings (SSSR count). The Bertz CT molecular complexity index is 811. The Morgan fingerprint density at radius 2 is 1.62 bits per heavy atom. The summed E-state index contributed by atoms with van der Waals surface area (Å²) in [5.74, 6) is -4.29. The van der Waals surface area contributed by atoms with Gasteiger partial charge in [-0.05, 0) is 19.3 Å². The fourth-order valence-electron chi connectivity index (χ4n) is 2.78. The van der Waals surface area contributed by atoms with Crippen molar-refractivity contribution in [3.05, 3.63) is 18.2 Å². The normalized spacial score (nSPS) is 14.7. The summed E-state index contributed by atoms with van der Waals surface area (Å²) in [6, 6.07) is -4.70. The molecule has 1 heterocycles. The number of aromatic amines is 1. The minimum absolute atomic E-state index is 0.00239. The number of carbonyl (C=O) groups excluding carboxylic acids is 4. The van der Waals surface area contributed by atoms with Gasteiger partial charge >= 0.3 is 5.97 Å². The monoisotopic (exact) mass is 453 g/mol. The molecule has 1 aromatic rings. The largest absolute Gasteiger partial charge is 0.480 e. The molecular formula is C19H31N7O6. The number of imidazole rings is 1. The molecule has 0 saturated heterocycles. The van der Waals surface area contributed by atoms with Gasteiger partial charge in [-0.15, -0.1) is 0 Å². The van der Waals surface area contributed by atoms with Crippen molar-refractivity contribution in [2.75, 3.05) is 0 Å². The first-order valence-electron chi connectivity index (χ1n) is 10.1. The lowest BCUT2D eigenvalue weighted by atomic mass is 10.0. The number of rotatable bonds is 13. The molecule has 13 nitrogen and oxygen atoms in total. The second-order valence-electron chi connectivity index (χ2n) is 7.88. The van der Waals surface area contributed by atoms with Crippen molar-refractivity contribution in [1.29, 1.82) is 0 Å². The number of carboxylic acid groups (broad SMARTS) is 1. The first-order valence-corrected chi connectivity index (χ1v) is 10.1. The van der Waals surface area contributed by atoms with Gasteiger partial charge in [0.05, 0.1) is 18.8 Å². The molecule has 178 valence electrons. The second-order valence-corrected chi connectivity index (χ2v) is 7.88. The fourth-order valence-corrected chi connectivity index (χ4v) is 2.78. The van der Waals surface area contributed by atoms with Crippen LogP contribution in [-0.2, 0) is 30.4 Å². The van der Waals surface area contributed by atoms with Gasteiger partial charge in [0.25, 0.3) is 0 Å². The van der Waals surface area contributed by atoms with Crippen LogP contribution in [0.4, 0.5) is 0 Å². The molecular weight excluding hydrogens is 422 g/mol. The predicted octanol–water partition coefficient (Wildman–Crippen LogP) is -2.24. The minimum Gasteiger partial charge on any atom is -0.480 e. The smallest absolute Gasteiger partial charge is 0.325 e. The summed E-state index contributed by atoms with van der Waals surface area (Å²) >= 11 is 0. The van der Waals surface area contributed by atoms with E-state index in [0.29, 0.717) is 12.1 Å². The number of amides is 4. The van der Waals surface area contributed by atoms with Crippen molar-refractivity contribution < 1.29 is 29.1 Å². The van der Waals surface area contributed by atoms with Crippen LogP contribution in [0.2, 0.25) is 0 Å². The topological polar surface area (TPSA) is 222 Å². The second kappa shape index (κ2) is 12.4. The molecule has 9 N–H and O–H groups in total. The summed E-state index contributed by atoms with van der Waals surface area (Å²) in [4.78, 5) is 66.8. The van der Waals surface area contributed by atoms with Crippen LogP contribution in [0, 0.1) is 5.92 Å². The lowest BCUT2D eigenvalue weighted by molar-refractivity contribution is -0.142. The van der Waals surface area contributed by atoms with E-state index in [1.165, 1.54) is 19.4 Å². The Hall–Kier alpha value is -3.48. The molecule has 0 aliphatic heterocycles. The summed E-state index contributed by atoms with van der Waals surface area (Å²) in [5, 5.41) is 16.0. The fraction of sp³-hybridized carbons (Fsp3) is 0.579. The zero-order valence-electron chi connectivity index (χ0n) is 18.3. The lowest BCUT2D eigenvalue weighted by Gasteiger charge is -2.24. The summed E-state index contributed by atoms with van der Waals surface area (Å²) in [6.07, 6.45) is 2.68. The lowest BCUT2D eigenvalue weighted by Crippen LogP contribution is -2.58. The number of primary amides is 1. The number of nitrogens with zero attached hydrogens (tertiary/aromatic N) is 1. The molecule has 0 bridgehead atoms. The van der Waals surface area contributed by atoms with Crippen LogP contribution < -0.4 is 27.4 Å². The van der Waals surface area contributed by atoms with Crippen molar-refractivity contribution in [3.8, 4) is 0 Å². The highest BCUT2D eigenvalue weighted by Crippen LogP contribution is 2.06. The average Bonchev–Trinajstić information content (AvgIpc) is 3.18. The van der Waals surface area contributed by atoms with Gasteiger partial charge < -0.3 is 37.5 Å². The quantitative estimate of drug-likeness (QED) is 0.172. The van der Waals surface area contributed by atoms with Gasteiger partial charge in [-0.25, -0.2) is 4.98 Å². The SMILES string of the molecule is CC(C)CC(N)C(=O)NC(Cc1cnc[nH]1)C(=O)NC(CC(N)=O)C(=O)NC(C)C(=O)O. The molecule has 13 heteroatoms. The number of aromatic nitrogens is 2. The molecule has 0 saturated carbocycles. The van der Waals surface area contributed by atoms with E-state index in [2.05, 4.69) is 25.9 Å². The summed E-state index contributed by atoms with van der Waals surface area (Å²) in [5.41, 5.74) is 11.6. The molecule has 0 aliphatic carbocycles. The van der Waals surface area contributed by atoms with Gasteiger partial charge in [0.15, 0.2) is 0 Å². The molecule has 0 spiro atoms. The molecule has 4 unspecified atom stereocenters. The number of hydrogen-bond acceptors (Lipinski definition) is 7. The van der Waals surface area contributed by atoms with E-state index in [1.54, 1.807) is 0 Å². The molecule has 4 amide bonds. The standard InChI is InChI=1S/C19H31N7O6/c1-9(2)4-12(20)16(28)25-13(5-11-7-22-8-23-11)18(30)26-14(6-15(21)27)17(29)24-10(3)19(31)32/h7-10,12-14H,4-6,20H2,1-3H3,(H2,21,27)(H,22,23)(H,24,29)(H,25,28)(H,26,30)(H,31,32). The van der Waals surface area contributed by atoms with E-state index in [4.69, 9.17) is 16.6 Å². The zero-order chi connectivity index (χ0) is 24.4. The van der Waals surface area contributed by atoms with Crippen LogP contribution in [0.3, 0.4) is 0 Å². The molecule has 0 aromatic carbocycles. The van der Waals surface area contributed by atoms with E-state index >= 15 is 0 Å². The zero-order valence-corrected chi connectivity index (χ0v) is 18.3. The van der Waals surface area contributed by atoms with E-state index in [9.17, 15) is 24.0 Å². The van der Waals surface area contributed by atoms with E-state index in [0.717, 1.165) is 0 Å². The molecule has 1 aromatic heterocycles. The third kappa shape index (κ3) is 9.12. The van der Waals surface area contributed by atoms with Crippen molar-refractivity contribution in [2.24, 2.45) is 17.4 Å². The average molecular weight is 454 g/mol. The predicted molar refractivity (Wildman–Crippen MR) is 113 cm³/mol. The van der Waals surface area contributed by atoms with E-state index < -0.39 is 60.2 Å². The summed E-state index contributed by atoms with van der Waals surface area (Å²) in [7, 11) is 0. The third-order valence-corrected chi connectivity index (χ3v) is 4.44. The van der Waals surface area contributed by atoms with E-state index in [1.807, 2.05) is 13.8 Å². The Morgan fingerprint density at radius 3 is 2.12 bits per heavy atom. The van der Waals surface area contributed by atoms with Crippen LogP contribution in [-0.4, -0.2) is 68.8 Å². The van der Waals surface area contributed by atoms with Crippen LogP contribution in [0.5, 0.6) is 0 Å². The van der Waals surface area contributed by atoms with Gasteiger partial charge in [-0.3, -0.25) is 24.0 Å². The van der Waals surface area contributed by atoms with Gasteiger partial charge in [-0.1, -0.05) is 13.8 Å². The summed E-state index contributed by atoms with van der Waals surface area (Å²) < 4.78 is 0. The van der Waals surface area contributed by atoms with Crippen LogP contribution in [0.15, 0.2) is 12.5 Å². The Balaban J connectivity index is 3.00. The number of aliphatic carboxylic acids is 1. The highest BCUT2D eigenvalue weighted by Gasteiger charge is 2.30. The molecule has 0 aliphatic rings. The van der Waals surface area contributed by atoms with Crippen LogP contribution in [0.1, 0.15) is 39.3 Å². The number of carbonyl (C=O) groups is 5. The van der Waals surface area contributed by atoms with Crippen LogP contribution >= 0.6 is 0 Å². The van der Waals surface area contributed by atoms with Gasteiger partial charge in [0.2, 0.25) is 23.6 Å². The maximum Gasteiger partial charge on any atom is 0.325 e. The number of nitrogens with one attached hydrogen (secondary N) is 4. The summed E-state index contributed by atoms with van der Waals surface area (Å²) in [6.45, 7) is 5.01. The Kier molecular flexibility index (Phi) is 10.3. The molecule has 0 fully saturated rings. The third-order valence-electron chi connectivity index (χ3n) is 4.44. The number of nitrogens with two attached hydrogens (primary N) is 2. The molecule has 0 radical (unpaired) electrons. The Labute approximate surface area is 185 Å². The number of H-pyrrole nitrogens is 1. The highest BCUT2D eigenvalue weighted by molar-refractivity contribution is 5.96. The molecule has 4 atom stereocenters. The van der Waals surface area contributed by atoms with E-state index in [-0.39, 0.29) is 12.3 Å². The first-order chi connectivity index (χ1) is 14.9. The van der Waals surface area contributed by atoms with Gasteiger partial charge in [-0.2, -0.15) is 0 Å². The van der Waals surface area contributed by atoms with Crippen molar-refractivity contribution >= 4 is 29.6 Å². The molecule has 32 heavy (non-hydrogen) atoms. The minimum atomic E-state index is -1.44. The van der Waals surface area contributed by atoms with Crippen molar-refractivity contribution in [3.63, 3.8) is 0 Å². The van der Waals surface area contributed by atoms with Crippen LogP contribution in [0.25, 0.3) is 0 Å². The number of carboxylic acids is 1.